The predicted molar refractivity (Wildman–Crippen MR) is 15.8 cm³/mol. The molecule has 25 valence electrons. The van der Waals surface area contributed by atoms with Crippen LogP contribution in [0.15, 0.2) is 4.99 Å². The van der Waals surface area contributed by atoms with E-state index >= 15 is 0 Å². The normalized spacial score (nSPS) is 4.80. The molecule has 0 bridgehead atoms. The summed E-state index contributed by atoms with van der Waals surface area (Å²) >= 11 is 0. The van der Waals surface area contributed by atoms with Gasteiger partial charge in [0.05, 0.1) is 0 Å². The Bertz CT molecular complexity index is 71.7. The molecule has 0 aliphatic rings. The Kier molecular flexibility index (Phi) is 2.47. The molecule has 0 aliphatic carbocycles. The lowest BCUT2D eigenvalue weighted by Crippen LogP contribution is -1.50. The highest BCUT2D eigenvalue weighted by Gasteiger charge is 1.45. The maximum Gasteiger partial charge on any atom is 0.242 e. The quantitative estimate of drug-likeness (QED) is 0.259. The second kappa shape index (κ2) is 3.05. The van der Waals surface area contributed by atoms with E-state index in [1.807, 2.05) is 0 Å². The van der Waals surface area contributed by atoms with Crippen LogP contribution in [0.25, 0.3) is 0 Å². The molecule has 1 radical (unpaired) electrons. The van der Waals surface area contributed by atoms with Crippen molar-refractivity contribution in [3.05, 3.63) is 0 Å². The minimum Gasteiger partial charge on any atom is -0.279 e. The third kappa shape index (κ3) is 3.05. The van der Waals surface area contributed by atoms with Gasteiger partial charge >= 0.3 is 0 Å². The van der Waals surface area contributed by atoms with Gasteiger partial charge in [-0.3, -0.25) is 5.41 Å². The monoisotopic (exact) mass is 69.0 g/mol. The highest BCUT2D eigenvalue weighted by atomic mass is 16.1. The third-order valence-corrected chi connectivity index (χ3v) is 0.102. The van der Waals surface area contributed by atoms with Crippen molar-refractivity contribution in [1.29, 1.82) is 5.41 Å². The summed E-state index contributed by atoms with van der Waals surface area (Å²) in [5.41, 5.74) is 0. The van der Waals surface area contributed by atoms with Crippen LogP contribution in [0.1, 0.15) is 0 Å². The molecule has 0 aliphatic heterocycles. The van der Waals surface area contributed by atoms with Crippen molar-refractivity contribution in [2.75, 3.05) is 0 Å². The number of hydrogen-bond donors (Lipinski definition) is 1. The number of carbonyl (C=O) groups excluding carboxylic acids is 1. The molecule has 0 rings (SSSR count). The summed E-state index contributed by atoms with van der Waals surface area (Å²) in [6, 6.07) is 0. The van der Waals surface area contributed by atoms with E-state index in [2.05, 4.69) is 4.99 Å². The third-order valence-electron chi connectivity index (χ3n) is 0.102. The van der Waals surface area contributed by atoms with Gasteiger partial charge in [0.1, 0.15) is 0 Å². The van der Waals surface area contributed by atoms with Crippen LogP contribution in [0.3, 0.4) is 0 Å². The van der Waals surface area contributed by atoms with Gasteiger partial charge in [0, 0.05) is 0 Å². The molecule has 0 aromatic rings. The smallest absolute Gasteiger partial charge is 0.242 e. The lowest BCUT2D eigenvalue weighted by molar-refractivity contribution is 0.566. The zero-order chi connectivity index (χ0) is 4.12. The maximum atomic E-state index is 8.93. The Morgan fingerprint density at radius 1 is 1.80 bits per heavy atom. The van der Waals surface area contributed by atoms with Gasteiger partial charge < -0.3 is 0 Å². The van der Waals surface area contributed by atoms with Crippen molar-refractivity contribution < 1.29 is 4.79 Å². The van der Waals surface area contributed by atoms with Crippen LogP contribution >= 0.6 is 0 Å². The molecule has 5 heavy (non-hydrogen) atoms. The first-order chi connectivity index (χ1) is 2.41. The Hall–Kier alpha value is -0.950. The van der Waals surface area contributed by atoms with Gasteiger partial charge in [0.2, 0.25) is 12.4 Å². The average Bonchev–Trinajstić information content (AvgIpc) is 1.41. The van der Waals surface area contributed by atoms with Crippen molar-refractivity contribution in [1.82, 2.24) is 0 Å². The second-order valence-corrected chi connectivity index (χ2v) is 0.315. The van der Waals surface area contributed by atoms with Crippen LogP contribution in [0.5, 0.6) is 0 Å². The van der Waals surface area contributed by atoms with E-state index < -0.39 is 0 Å². The van der Waals surface area contributed by atoms with Crippen molar-refractivity contribution in [3.8, 4) is 0 Å². The number of nitrogens with zero attached hydrogens (tertiary/aromatic N) is 1. The van der Waals surface area contributed by atoms with Crippen molar-refractivity contribution in [3.63, 3.8) is 0 Å². The topological polar surface area (TPSA) is 53.3 Å². The zero-order valence-electron chi connectivity index (χ0n) is 2.36. The van der Waals surface area contributed by atoms with Gasteiger partial charge in [0.15, 0.2) is 0 Å². The molecule has 0 saturated carbocycles. The highest BCUT2D eigenvalue weighted by Crippen LogP contribution is 1.37. The number of isocyanates is 1. The van der Waals surface area contributed by atoms with E-state index in [9.17, 15) is 0 Å². The molecule has 1 N–H and O–H groups in total. The fourth-order valence-electron chi connectivity index (χ4n) is 0.0228. The molecule has 0 aromatic carbocycles. The molecule has 3 nitrogen and oxygen atoms in total. The molecule has 3 heteroatoms. The van der Waals surface area contributed by atoms with Crippen molar-refractivity contribution >= 4 is 12.4 Å². The number of aliphatic imine (C=N–C) groups is 1. The van der Waals surface area contributed by atoms with Gasteiger partial charge in [0.25, 0.3) is 0 Å². The first-order valence-electron chi connectivity index (χ1n) is 0.901. The molecular weight excluding hydrogens is 68.0 g/mol. The van der Waals surface area contributed by atoms with E-state index in [1.165, 1.54) is 6.34 Å². The van der Waals surface area contributed by atoms with E-state index in [-0.39, 0.29) is 0 Å². The summed E-state index contributed by atoms with van der Waals surface area (Å²) in [5.74, 6) is 0. The van der Waals surface area contributed by atoms with Crippen LogP contribution in [0.2, 0.25) is 0 Å². The van der Waals surface area contributed by atoms with Gasteiger partial charge in [-0.25, -0.2) is 4.79 Å². The molecular formula is C2HN2O. The summed E-state index contributed by atoms with van der Waals surface area (Å²) < 4.78 is 0. The van der Waals surface area contributed by atoms with Gasteiger partial charge in [-0.15, -0.1) is 4.99 Å². The Morgan fingerprint density at radius 2 is 2.40 bits per heavy atom. The van der Waals surface area contributed by atoms with Crippen LogP contribution in [0.4, 0.5) is 0 Å². The van der Waals surface area contributed by atoms with Crippen LogP contribution < -0.4 is 0 Å². The molecule has 0 atom stereocenters. The Morgan fingerprint density at radius 3 is 2.40 bits per heavy atom. The summed E-state index contributed by atoms with van der Waals surface area (Å²) in [4.78, 5) is 11.5. The largest absolute Gasteiger partial charge is 0.279 e. The van der Waals surface area contributed by atoms with E-state index in [0.29, 0.717) is 0 Å². The average molecular weight is 69.0 g/mol. The fraction of sp³-hybridized carbons (Fsp3) is 0. The standard InChI is InChI=1S/C2HN2O/c3-1-4-2-5/h3H. The minimum atomic E-state index is 1.09. The zero-order valence-corrected chi connectivity index (χ0v) is 2.36. The van der Waals surface area contributed by atoms with Crippen molar-refractivity contribution in [2.24, 2.45) is 4.99 Å². The molecule has 0 saturated heterocycles. The van der Waals surface area contributed by atoms with E-state index in [1.54, 1.807) is 0 Å². The number of nitrogens with one attached hydrogen (secondary N) is 1. The SMILES string of the molecule is N=[C]N=C=O. The molecule has 0 spiro atoms. The molecule has 0 heterocycles. The lowest BCUT2D eigenvalue weighted by atomic mass is 11.3. The summed E-state index contributed by atoms with van der Waals surface area (Å²) in [5, 5.41) is 5.92. The van der Waals surface area contributed by atoms with Crippen LogP contribution in [-0.4, -0.2) is 12.4 Å². The summed E-state index contributed by atoms with van der Waals surface area (Å²) in [6.07, 6.45) is 2.56. The van der Waals surface area contributed by atoms with Crippen LogP contribution in [-0.2, 0) is 4.79 Å². The second-order valence-electron chi connectivity index (χ2n) is 0.315. The van der Waals surface area contributed by atoms with E-state index in [0.717, 1.165) is 6.08 Å². The fourth-order valence-corrected chi connectivity index (χ4v) is 0.0228. The predicted octanol–water partition coefficient (Wildman–Crippen LogP) is -0.194. The molecule has 0 fully saturated rings. The maximum absolute atomic E-state index is 8.93. The molecule has 0 unspecified atom stereocenters. The highest BCUT2D eigenvalue weighted by molar-refractivity contribution is 5.60. The molecule has 0 amide bonds. The van der Waals surface area contributed by atoms with E-state index in [4.69, 9.17) is 10.2 Å². The van der Waals surface area contributed by atoms with Crippen LogP contribution in [0, 0.1) is 5.41 Å². The Labute approximate surface area is 28.8 Å². The lowest BCUT2D eigenvalue weighted by Gasteiger charge is -1.41. The first-order valence-corrected chi connectivity index (χ1v) is 0.901. The van der Waals surface area contributed by atoms with Gasteiger partial charge in [-0.1, -0.05) is 0 Å². The summed E-state index contributed by atoms with van der Waals surface area (Å²) in [6.45, 7) is 0. The number of hydrogen-bond acceptors (Lipinski definition) is 2. The van der Waals surface area contributed by atoms with Gasteiger partial charge in [-0.05, 0) is 0 Å². The molecule has 0 aromatic heterocycles. The first kappa shape index (κ1) is 4.05. The van der Waals surface area contributed by atoms with Crippen molar-refractivity contribution in [2.45, 2.75) is 0 Å². The minimum absolute atomic E-state index is 1.09. The van der Waals surface area contributed by atoms with Gasteiger partial charge in [-0.2, -0.15) is 0 Å². The summed E-state index contributed by atoms with van der Waals surface area (Å²) in [7, 11) is 0. The Balaban J connectivity index is 3.31. The number of rotatable bonds is 1.